The molecule has 0 radical (unpaired) electrons. The molecule has 2 heterocycles. The number of fused-ring (bicyclic) bond motifs is 2. The van der Waals surface area contributed by atoms with Gasteiger partial charge in [0, 0.05) is 32.7 Å². The summed E-state index contributed by atoms with van der Waals surface area (Å²) in [6, 6.07) is 8.22. The van der Waals surface area contributed by atoms with Gasteiger partial charge in [0.05, 0.1) is 6.10 Å². The minimum atomic E-state index is -1.94. The Morgan fingerprint density at radius 1 is 0.773 bits per heavy atom. The van der Waals surface area contributed by atoms with Crippen LogP contribution in [-0.2, 0) is 67.2 Å². The van der Waals surface area contributed by atoms with Crippen molar-refractivity contribution in [3.63, 3.8) is 0 Å². The minimum Gasteiger partial charge on any atom is -0.508 e. The Morgan fingerprint density at radius 3 is 1.96 bits per heavy atom. The number of piperidine rings is 1. The number of aliphatic hydroxyl groups is 3. The number of aromatic hydroxyl groups is 2. The molecule has 12 atom stereocenters. The minimum absolute atomic E-state index is 0.0664. The number of hydrogen-bond acceptors (Lipinski definition) is 15. The van der Waals surface area contributed by atoms with Gasteiger partial charge in [0.1, 0.15) is 72.2 Å². The van der Waals surface area contributed by atoms with E-state index in [0.717, 1.165) is 9.80 Å². The van der Waals surface area contributed by atoms with Gasteiger partial charge < -0.3 is 72.4 Å². The molecule has 0 aliphatic carbocycles. The van der Waals surface area contributed by atoms with Crippen LogP contribution < -0.4 is 32.3 Å². The summed E-state index contributed by atoms with van der Waals surface area (Å²) in [5.74, 6) is -10.1. The van der Waals surface area contributed by atoms with Gasteiger partial charge in [-0.25, -0.2) is 4.79 Å². The van der Waals surface area contributed by atoms with E-state index >= 15 is 0 Å². The lowest BCUT2D eigenvalue weighted by molar-refractivity contribution is -0.170. The van der Waals surface area contributed by atoms with Crippen molar-refractivity contribution >= 4 is 53.2 Å². The molecule has 3 unspecified atom stereocenters. The first-order chi connectivity index (χ1) is 35.5. The third-order valence-corrected chi connectivity index (χ3v) is 13.4. The fourth-order valence-electron chi connectivity index (χ4n) is 8.80. The number of benzene rings is 3. The quantitative estimate of drug-likeness (QED) is 0.0742. The van der Waals surface area contributed by atoms with E-state index in [1.54, 1.807) is 44.2 Å². The molecule has 12 N–H and O–H groups in total. The van der Waals surface area contributed by atoms with Gasteiger partial charge in [-0.05, 0) is 80.0 Å². The van der Waals surface area contributed by atoms with E-state index in [-0.39, 0.29) is 50.0 Å². The van der Waals surface area contributed by atoms with Crippen LogP contribution in [0.3, 0.4) is 0 Å². The van der Waals surface area contributed by atoms with Gasteiger partial charge in [0.2, 0.25) is 47.3 Å². The molecule has 0 aromatic heterocycles. The number of carbonyl (C=O) groups is 9. The summed E-state index contributed by atoms with van der Waals surface area (Å²) >= 11 is 0. The maximum Gasteiger partial charge on any atom is 0.329 e. The molecule has 2 aliphatic heterocycles. The van der Waals surface area contributed by atoms with Gasteiger partial charge in [-0.15, -0.1) is 0 Å². The lowest BCUT2D eigenvalue weighted by atomic mass is 9.96. The van der Waals surface area contributed by atoms with Crippen LogP contribution in [0.5, 0.6) is 11.5 Å². The van der Waals surface area contributed by atoms with Crippen molar-refractivity contribution in [2.75, 3.05) is 7.05 Å². The number of phenolic OH excluding ortho intramolecular Hbond substituents is 2. The van der Waals surface area contributed by atoms with Crippen molar-refractivity contribution < 1.29 is 73.4 Å². The van der Waals surface area contributed by atoms with E-state index in [4.69, 9.17) is 10.5 Å². The molecule has 2 saturated heterocycles. The van der Waals surface area contributed by atoms with Gasteiger partial charge in [-0.3, -0.25) is 38.4 Å². The van der Waals surface area contributed by atoms with E-state index in [1.807, 2.05) is 0 Å². The van der Waals surface area contributed by atoms with Crippen molar-refractivity contribution in [3.05, 3.63) is 95.6 Å². The lowest BCUT2D eigenvalue weighted by Crippen LogP contribution is -2.67. The number of aliphatic hydroxyl groups excluding tert-OH is 3. The average molecular weight is 1050 g/mol. The highest BCUT2D eigenvalue weighted by atomic mass is 16.5. The van der Waals surface area contributed by atoms with E-state index in [0.29, 0.717) is 16.7 Å². The summed E-state index contributed by atoms with van der Waals surface area (Å²) < 4.78 is 5.91. The Balaban J connectivity index is 1.60. The molecular formula is C52H68N8O15. The number of nitrogens with one attached hydrogen (secondary N) is 5. The molecule has 3 aromatic carbocycles. The zero-order valence-corrected chi connectivity index (χ0v) is 42.4. The number of phenols is 2. The second-order valence-corrected chi connectivity index (χ2v) is 19.1. The van der Waals surface area contributed by atoms with Crippen LogP contribution in [0.4, 0.5) is 0 Å². The fraction of sp³-hybridized carbons (Fsp3) is 0.481. The molecule has 2 fully saturated rings. The average Bonchev–Trinajstić information content (AvgIpc) is 3.37. The molecular weight excluding hydrogens is 977 g/mol. The van der Waals surface area contributed by atoms with Crippen molar-refractivity contribution in [1.29, 1.82) is 0 Å². The van der Waals surface area contributed by atoms with Crippen LogP contribution >= 0.6 is 0 Å². The van der Waals surface area contributed by atoms with Crippen molar-refractivity contribution in [1.82, 2.24) is 36.4 Å². The summed E-state index contributed by atoms with van der Waals surface area (Å²) in [5.41, 5.74) is 6.80. The number of likely N-dealkylation sites (N-methyl/N-ethyl adjacent to an activating group) is 1. The van der Waals surface area contributed by atoms with Gasteiger partial charge in [-0.1, -0.05) is 74.9 Å². The van der Waals surface area contributed by atoms with Gasteiger partial charge in [-0.2, -0.15) is 0 Å². The number of hydrogen-bond donors (Lipinski definition) is 11. The maximum absolute atomic E-state index is 14.8. The largest absolute Gasteiger partial charge is 0.508 e. The Bertz CT molecular complexity index is 2510. The molecule has 23 heteroatoms. The van der Waals surface area contributed by atoms with Gasteiger partial charge in [0.15, 0.2) is 0 Å². The van der Waals surface area contributed by atoms with Crippen LogP contribution in [0.15, 0.2) is 78.9 Å². The van der Waals surface area contributed by atoms with Crippen molar-refractivity contribution in [2.24, 2.45) is 11.7 Å². The number of esters is 1. The number of primary amides is 1. The Kier molecular flexibility index (Phi) is 20.6. The molecule has 8 amide bonds. The fourth-order valence-corrected chi connectivity index (χ4v) is 8.80. The van der Waals surface area contributed by atoms with E-state index in [2.05, 4.69) is 26.6 Å². The molecule has 23 nitrogen and oxygen atoms in total. The number of cyclic esters (lactones) is 1. The first kappa shape index (κ1) is 58.3. The summed E-state index contributed by atoms with van der Waals surface area (Å²) in [6.07, 6.45) is -8.50. The standard InChI is InChI=1S/C52H68N8O15/c1-6-27(2)42-52(74)75-29(4)43(58-45(67)35(20-22-40(53)65)54-48(70)39(64)26-32-14-18-34(63)19-15-32)49(71)56-37(24-31-12-16-33(62)17-13-31)46(68)55-36-21-23-41(66)60(50(36)72)44(28(3)61)51(73)59(5)38(47(69)57-42)25-30-10-8-7-9-11-30/h7-19,27-29,35-39,41-44,61-64,66H,6,20-26H2,1-5H3,(H2,53,65)(H,54,70)(H,55,68)(H,56,71)(H,57,69)(H,58,67)/t27-,28+,29+,35-,36?,37-,38-,39?,41?,42-,43-,44-/m0/s1. The zero-order chi connectivity index (χ0) is 55.3. The number of carbonyl (C=O) groups excluding carboxylic acids is 9. The van der Waals surface area contributed by atoms with E-state index < -0.39 is 139 Å². The van der Waals surface area contributed by atoms with Crippen molar-refractivity contribution in [3.8, 4) is 11.5 Å². The Morgan fingerprint density at radius 2 is 1.37 bits per heavy atom. The predicted molar refractivity (Wildman–Crippen MR) is 267 cm³/mol. The first-order valence-electron chi connectivity index (χ1n) is 24.7. The number of nitrogens with two attached hydrogens (primary N) is 1. The number of ether oxygens (including phenoxy) is 1. The molecule has 5 rings (SSSR count). The summed E-state index contributed by atoms with van der Waals surface area (Å²) in [5, 5.41) is 65.8. The highest BCUT2D eigenvalue weighted by Crippen LogP contribution is 2.25. The summed E-state index contributed by atoms with van der Waals surface area (Å²) in [6.45, 7) is 5.79. The molecule has 0 spiro atoms. The highest BCUT2D eigenvalue weighted by molar-refractivity contribution is 5.99. The number of amides is 8. The SMILES string of the molecule is CC[C@H](C)[C@@H]1NC(=O)[C@H](Cc2ccccc2)N(C)C(=O)[C@H]([C@@H](C)O)N2C(=O)C(CCC2O)NC(=O)[C@H](Cc2ccc(O)cc2)NC(=O)[C@@H](NC(=O)[C@H](CCC(N)=O)NC(=O)C(O)Cc2ccc(O)cc2)[C@@H](C)OC1=O. The van der Waals surface area contributed by atoms with Crippen LogP contribution in [0, 0.1) is 5.92 Å². The molecule has 3 aromatic rings. The highest BCUT2D eigenvalue weighted by Gasteiger charge is 2.47. The topological polar surface area (TPSA) is 357 Å². The third kappa shape index (κ3) is 15.7. The third-order valence-electron chi connectivity index (χ3n) is 13.4. The van der Waals surface area contributed by atoms with Crippen LogP contribution in [0.25, 0.3) is 0 Å². The predicted octanol–water partition coefficient (Wildman–Crippen LogP) is -1.32. The van der Waals surface area contributed by atoms with E-state index in [9.17, 15) is 68.7 Å². The lowest BCUT2D eigenvalue weighted by Gasteiger charge is -2.43. The van der Waals surface area contributed by atoms with Gasteiger partial charge >= 0.3 is 5.97 Å². The molecule has 75 heavy (non-hydrogen) atoms. The van der Waals surface area contributed by atoms with Crippen LogP contribution in [0.1, 0.15) is 76.5 Å². The number of rotatable bonds is 16. The van der Waals surface area contributed by atoms with E-state index in [1.165, 1.54) is 69.4 Å². The molecule has 2 bridgehead atoms. The Labute approximate surface area is 433 Å². The zero-order valence-electron chi connectivity index (χ0n) is 42.4. The molecule has 2 aliphatic rings. The summed E-state index contributed by atoms with van der Waals surface area (Å²) in [7, 11) is 1.26. The van der Waals surface area contributed by atoms with Crippen LogP contribution in [0.2, 0.25) is 0 Å². The normalized spacial score (nSPS) is 24.9. The van der Waals surface area contributed by atoms with Crippen molar-refractivity contribution in [2.45, 2.75) is 146 Å². The monoisotopic (exact) mass is 1040 g/mol. The second-order valence-electron chi connectivity index (χ2n) is 19.1. The maximum atomic E-state index is 14.8. The molecule has 406 valence electrons. The molecule has 0 saturated carbocycles. The number of nitrogens with zero attached hydrogens (tertiary/aromatic N) is 2. The van der Waals surface area contributed by atoms with Gasteiger partial charge in [0.25, 0.3) is 0 Å². The Hall–Kier alpha value is -7.63. The smallest absolute Gasteiger partial charge is 0.329 e. The second kappa shape index (κ2) is 26.5. The first-order valence-corrected chi connectivity index (χ1v) is 24.7. The van der Waals surface area contributed by atoms with Crippen LogP contribution in [-0.4, -0.2) is 162 Å². The summed E-state index contributed by atoms with van der Waals surface area (Å²) in [4.78, 5) is 129.